The number of aromatic amines is 1. The van der Waals surface area contributed by atoms with Gasteiger partial charge in [0, 0.05) is 0 Å². The molecule has 1 heterocycles. The van der Waals surface area contributed by atoms with Gasteiger partial charge < -0.3 is 14.5 Å². The van der Waals surface area contributed by atoms with E-state index in [1.54, 1.807) is 54.6 Å². The zero-order valence-electron chi connectivity index (χ0n) is 16.8. The van der Waals surface area contributed by atoms with E-state index in [-0.39, 0.29) is 6.61 Å². The van der Waals surface area contributed by atoms with Crippen LogP contribution in [0.4, 0.5) is 0 Å². The van der Waals surface area contributed by atoms with E-state index in [9.17, 15) is 9.59 Å². The lowest BCUT2D eigenvalue weighted by atomic mass is 10.2. The van der Waals surface area contributed by atoms with Gasteiger partial charge in [-0.25, -0.2) is 4.79 Å². The second-order valence-electron chi connectivity index (χ2n) is 6.78. The summed E-state index contributed by atoms with van der Waals surface area (Å²) in [4.78, 5) is 27.5. The largest absolute Gasteiger partial charge is 0.493 e. The number of benzene rings is 3. The fourth-order valence-electron chi connectivity index (χ4n) is 3.06. The van der Waals surface area contributed by atoms with Crippen LogP contribution in [0.15, 0.2) is 75.4 Å². The quantitative estimate of drug-likeness (QED) is 0.422. The second-order valence-corrected chi connectivity index (χ2v) is 7.60. The molecule has 1 aromatic heterocycles. The van der Waals surface area contributed by atoms with E-state index in [2.05, 4.69) is 10.1 Å². The third-order valence-corrected chi connectivity index (χ3v) is 5.41. The number of halogens is 2. The topological polar surface area (TPSA) is 85.7 Å². The van der Waals surface area contributed by atoms with Gasteiger partial charge in [-0.15, -0.1) is 4.68 Å². The molecule has 0 atom stereocenters. The molecular formula is C23H17Cl2N3O4. The van der Waals surface area contributed by atoms with Crippen LogP contribution in [0.2, 0.25) is 10.0 Å². The molecule has 0 fully saturated rings. The first-order valence-corrected chi connectivity index (χ1v) is 10.2. The predicted octanol–water partition coefficient (Wildman–Crippen LogP) is 4.47. The van der Waals surface area contributed by atoms with Crippen molar-refractivity contribution in [1.29, 1.82) is 0 Å². The summed E-state index contributed by atoms with van der Waals surface area (Å²) in [7, 11) is 1.51. The van der Waals surface area contributed by atoms with Gasteiger partial charge >= 0.3 is 5.69 Å². The van der Waals surface area contributed by atoms with Gasteiger partial charge in [0.25, 0.3) is 5.56 Å². The summed E-state index contributed by atoms with van der Waals surface area (Å²) < 4.78 is 12.0. The Bertz CT molecular complexity index is 1440. The molecule has 4 aromatic rings. The number of ether oxygens (including phenoxy) is 2. The molecule has 0 spiro atoms. The number of fused-ring (bicyclic) bond motifs is 1. The van der Waals surface area contributed by atoms with E-state index >= 15 is 0 Å². The molecule has 9 heteroatoms. The maximum Gasteiger partial charge on any atom is 0.349 e. The van der Waals surface area contributed by atoms with Crippen LogP contribution in [0.3, 0.4) is 0 Å². The minimum atomic E-state index is -0.626. The van der Waals surface area contributed by atoms with Gasteiger partial charge in [-0.2, -0.15) is 5.10 Å². The number of H-pyrrole nitrogens is 1. The third-order valence-electron chi connectivity index (χ3n) is 4.67. The summed E-state index contributed by atoms with van der Waals surface area (Å²) in [6.45, 7) is 0.266. The second kappa shape index (κ2) is 9.30. The summed E-state index contributed by atoms with van der Waals surface area (Å²) in [5.74, 6) is 0.977. The van der Waals surface area contributed by atoms with Gasteiger partial charge in [0.15, 0.2) is 11.5 Å². The minimum absolute atomic E-state index is 0.266. The Labute approximate surface area is 192 Å². The molecular weight excluding hydrogens is 453 g/mol. The van der Waals surface area contributed by atoms with E-state index in [4.69, 9.17) is 32.7 Å². The fraction of sp³-hybridized carbons (Fsp3) is 0.0870. The standard InChI is InChI=1S/C23H17Cl2N3O4/c1-31-21-11-14(7-9-20(21)32-13-15-6-8-17(24)18(25)10-15)12-26-28-22(29)16-4-2-3-5-19(16)27-23(28)30/h2-12H,13H2,1H3,(H,27,30). The number of hydrogen-bond acceptors (Lipinski definition) is 5. The maximum atomic E-state index is 12.6. The van der Waals surface area contributed by atoms with Crippen LogP contribution in [-0.4, -0.2) is 23.0 Å². The number of hydrogen-bond donors (Lipinski definition) is 1. The highest BCUT2D eigenvalue weighted by Gasteiger charge is 2.08. The molecule has 7 nitrogen and oxygen atoms in total. The van der Waals surface area contributed by atoms with E-state index < -0.39 is 11.2 Å². The molecule has 0 amide bonds. The lowest BCUT2D eigenvalue weighted by molar-refractivity contribution is 0.284. The molecule has 4 rings (SSSR count). The molecule has 0 saturated heterocycles. The van der Waals surface area contributed by atoms with Crippen molar-refractivity contribution in [3.63, 3.8) is 0 Å². The number of para-hydroxylation sites is 1. The first-order chi connectivity index (χ1) is 15.5. The average molecular weight is 470 g/mol. The van der Waals surface area contributed by atoms with Crippen molar-refractivity contribution < 1.29 is 9.47 Å². The molecule has 0 aliphatic heterocycles. The van der Waals surface area contributed by atoms with Crippen molar-refractivity contribution in [3.8, 4) is 11.5 Å². The number of rotatable bonds is 6. The molecule has 162 valence electrons. The molecule has 32 heavy (non-hydrogen) atoms. The van der Waals surface area contributed by atoms with Crippen molar-refractivity contribution in [2.75, 3.05) is 7.11 Å². The first-order valence-electron chi connectivity index (χ1n) is 9.49. The van der Waals surface area contributed by atoms with E-state index in [1.807, 2.05) is 6.07 Å². The molecule has 0 bridgehead atoms. The highest BCUT2D eigenvalue weighted by Crippen LogP contribution is 2.29. The number of aromatic nitrogens is 2. The SMILES string of the molecule is COc1cc(C=Nn2c(=O)[nH]c3ccccc3c2=O)ccc1OCc1ccc(Cl)c(Cl)c1. The zero-order chi connectivity index (χ0) is 22.7. The van der Waals surface area contributed by atoms with E-state index in [0.717, 1.165) is 10.2 Å². The summed E-state index contributed by atoms with van der Waals surface area (Å²) in [5.41, 5.74) is 0.789. The van der Waals surface area contributed by atoms with Crippen LogP contribution >= 0.6 is 23.2 Å². The van der Waals surface area contributed by atoms with Gasteiger partial charge in [0.2, 0.25) is 0 Å². The molecule has 1 N–H and O–H groups in total. The third kappa shape index (κ3) is 4.54. The molecule has 0 saturated carbocycles. The Kier molecular flexibility index (Phi) is 6.30. The van der Waals surface area contributed by atoms with Crippen LogP contribution in [0.5, 0.6) is 11.5 Å². The van der Waals surface area contributed by atoms with E-state index in [1.165, 1.54) is 13.3 Å². The van der Waals surface area contributed by atoms with Crippen LogP contribution in [0.1, 0.15) is 11.1 Å². The van der Waals surface area contributed by atoms with Gasteiger partial charge in [0.05, 0.1) is 34.3 Å². The molecule has 0 radical (unpaired) electrons. The predicted molar refractivity (Wildman–Crippen MR) is 126 cm³/mol. The van der Waals surface area contributed by atoms with Crippen molar-refractivity contribution in [1.82, 2.24) is 9.66 Å². The molecule has 0 aliphatic carbocycles. The van der Waals surface area contributed by atoms with Crippen molar-refractivity contribution in [2.24, 2.45) is 5.10 Å². The van der Waals surface area contributed by atoms with Crippen LogP contribution in [0, 0.1) is 0 Å². The first kappa shape index (κ1) is 21.7. The van der Waals surface area contributed by atoms with E-state index in [0.29, 0.717) is 38.0 Å². The molecule has 3 aromatic carbocycles. The molecule has 0 unspecified atom stereocenters. The number of nitrogens with one attached hydrogen (secondary N) is 1. The van der Waals surface area contributed by atoms with Crippen molar-refractivity contribution in [2.45, 2.75) is 6.61 Å². The van der Waals surface area contributed by atoms with Crippen LogP contribution < -0.4 is 20.7 Å². The Hall–Kier alpha value is -3.55. The highest BCUT2D eigenvalue weighted by molar-refractivity contribution is 6.42. The van der Waals surface area contributed by atoms with Crippen molar-refractivity contribution >= 4 is 40.3 Å². The van der Waals surface area contributed by atoms with Crippen molar-refractivity contribution in [3.05, 3.63) is 103 Å². The Balaban J connectivity index is 1.57. The average Bonchev–Trinajstić information content (AvgIpc) is 2.80. The van der Waals surface area contributed by atoms with Gasteiger partial charge in [-0.3, -0.25) is 4.79 Å². The lowest BCUT2D eigenvalue weighted by Crippen LogP contribution is -2.32. The Morgan fingerprint density at radius 1 is 1.00 bits per heavy atom. The Morgan fingerprint density at radius 3 is 2.59 bits per heavy atom. The number of nitrogens with zero attached hydrogens (tertiary/aromatic N) is 2. The summed E-state index contributed by atoms with van der Waals surface area (Å²) in [5, 5.41) is 5.34. The highest BCUT2D eigenvalue weighted by atomic mass is 35.5. The smallest absolute Gasteiger partial charge is 0.349 e. The maximum absolute atomic E-state index is 12.6. The lowest BCUT2D eigenvalue weighted by Gasteiger charge is -2.11. The summed E-state index contributed by atoms with van der Waals surface area (Å²) in [6, 6.07) is 17.1. The fourth-order valence-corrected chi connectivity index (χ4v) is 3.38. The van der Waals surface area contributed by atoms with Gasteiger partial charge in [-0.05, 0) is 53.6 Å². The van der Waals surface area contributed by atoms with Crippen LogP contribution in [-0.2, 0) is 6.61 Å². The normalized spacial score (nSPS) is 11.2. The van der Waals surface area contributed by atoms with Gasteiger partial charge in [-0.1, -0.05) is 41.4 Å². The van der Waals surface area contributed by atoms with Gasteiger partial charge in [0.1, 0.15) is 6.61 Å². The summed E-state index contributed by atoms with van der Waals surface area (Å²) in [6.07, 6.45) is 1.40. The van der Waals surface area contributed by atoms with Crippen LogP contribution in [0.25, 0.3) is 10.9 Å². The zero-order valence-corrected chi connectivity index (χ0v) is 18.4. The minimum Gasteiger partial charge on any atom is -0.493 e. The number of methoxy groups -OCH3 is 1. The monoisotopic (exact) mass is 469 g/mol. The molecule has 0 aliphatic rings. The Morgan fingerprint density at radius 2 is 1.81 bits per heavy atom. The summed E-state index contributed by atoms with van der Waals surface area (Å²) >= 11 is 12.0.